The van der Waals surface area contributed by atoms with Crippen molar-refractivity contribution in [2.45, 2.75) is 39.0 Å². The summed E-state index contributed by atoms with van der Waals surface area (Å²) in [6, 6.07) is 8.73. The predicted molar refractivity (Wildman–Crippen MR) is 106 cm³/mol. The van der Waals surface area contributed by atoms with Crippen molar-refractivity contribution in [1.82, 2.24) is 0 Å². The fraction of sp³-hybridized carbons (Fsp3) is 0.458. The maximum Gasteiger partial charge on any atom is 0.330 e. The van der Waals surface area contributed by atoms with E-state index in [1.807, 2.05) is 19.1 Å². The Morgan fingerprint density at radius 2 is 1.58 bits per heavy atom. The fourth-order valence-electron chi connectivity index (χ4n) is 5.35. The third-order valence-electron chi connectivity index (χ3n) is 6.27. The Kier molecular flexibility index (Phi) is 5.10. The van der Waals surface area contributed by atoms with E-state index >= 15 is 0 Å². The van der Waals surface area contributed by atoms with Crippen molar-refractivity contribution in [2.24, 2.45) is 23.7 Å². The van der Waals surface area contributed by atoms with Gasteiger partial charge in [0.2, 0.25) is 0 Å². The van der Waals surface area contributed by atoms with Crippen molar-refractivity contribution in [1.29, 1.82) is 0 Å². The van der Waals surface area contributed by atoms with Crippen LogP contribution in [0.15, 0.2) is 48.1 Å². The van der Waals surface area contributed by atoms with E-state index in [1.54, 1.807) is 11.6 Å². The van der Waals surface area contributed by atoms with E-state index in [4.69, 9.17) is 4.74 Å². The minimum absolute atomic E-state index is 0.296. The zero-order chi connectivity index (χ0) is 17.9. The molecule has 0 unspecified atom stereocenters. The van der Waals surface area contributed by atoms with E-state index in [2.05, 4.69) is 30.3 Å². The van der Waals surface area contributed by atoms with Gasteiger partial charge in [0.1, 0.15) is 0 Å². The maximum absolute atomic E-state index is 11.2. The van der Waals surface area contributed by atoms with Crippen molar-refractivity contribution in [3.05, 3.63) is 59.2 Å². The molecule has 0 aliphatic heterocycles. The molecule has 0 spiro atoms. The quantitative estimate of drug-likeness (QED) is 0.390. The van der Waals surface area contributed by atoms with Crippen molar-refractivity contribution < 1.29 is 9.53 Å². The van der Waals surface area contributed by atoms with Crippen molar-refractivity contribution in [3.8, 4) is 0 Å². The van der Waals surface area contributed by atoms with Gasteiger partial charge in [-0.15, -0.1) is 0 Å². The average molecular weight is 348 g/mol. The molecule has 26 heavy (non-hydrogen) atoms. The number of rotatable bonds is 5. The number of esters is 1. The summed E-state index contributed by atoms with van der Waals surface area (Å²) in [6.45, 7) is 2.22. The highest BCUT2D eigenvalue weighted by molar-refractivity contribution is 5.82. The molecule has 4 aliphatic rings. The van der Waals surface area contributed by atoms with Gasteiger partial charge in [-0.25, -0.2) is 4.79 Å². The lowest BCUT2D eigenvalue weighted by atomic mass is 9.54. The molecular formula is C24H28O2. The van der Waals surface area contributed by atoms with Gasteiger partial charge in [-0.05, 0) is 73.8 Å². The first-order valence-electron chi connectivity index (χ1n) is 10.0. The summed E-state index contributed by atoms with van der Waals surface area (Å²) in [5, 5.41) is 0. The molecule has 136 valence electrons. The molecule has 0 radical (unpaired) electrons. The summed E-state index contributed by atoms with van der Waals surface area (Å²) in [5.41, 5.74) is 4.20. The fourth-order valence-corrected chi connectivity index (χ4v) is 5.35. The Morgan fingerprint density at radius 1 is 0.962 bits per heavy atom. The third-order valence-corrected chi connectivity index (χ3v) is 6.27. The molecule has 0 aromatic heterocycles. The predicted octanol–water partition coefficient (Wildman–Crippen LogP) is 5.66. The van der Waals surface area contributed by atoms with Crippen LogP contribution in [-0.2, 0) is 9.53 Å². The SMILES string of the molecule is CCOC(=O)C=CC=Cc1ccc(C=C2C3CC4CC(C3)CC2C4)cc1. The molecule has 0 saturated heterocycles. The summed E-state index contributed by atoms with van der Waals surface area (Å²) >= 11 is 0. The van der Waals surface area contributed by atoms with Gasteiger partial charge < -0.3 is 4.74 Å². The third kappa shape index (κ3) is 3.85. The molecule has 1 aromatic carbocycles. The van der Waals surface area contributed by atoms with E-state index in [9.17, 15) is 4.79 Å². The monoisotopic (exact) mass is 348 g/mol. The lowest BCUT2D eigenvalue weighted by Gasteiger charge is -2.51. The highest BCUT2D eigenvalue weighted by Crippen LogP contribution is 2.56. The molecule has 1 aromatic rings. The molecule has 2 heteroatoms. The van der Waals surface area contributed by atoms with Gasteiger partial charge in [0.05, 0.1) is 6.61 Å². The van der Waals surface area contributed by atoms with E-state index < -0.39 is 0 Å². The Balaban J connectivity index is 1.40. The molecule has 0 N–H and O–H groups in total. The summed E-state index contributed by atoms with van der Waals surface area (Å²) in [7, 11) is 0. The van der Waals surface area contributed by atoms with Gasteiger partial charge in [0, 0.05) is 6.08 Å². The Bertz CT molecular complexity index is 706. The van der Waals surface area contributed by atoms with Gasteiger partial charge in [0.15, 0.2) is 0 Å². The van der Waals surface area contributed by atoms with Crippen LogP contribution >= 0.6 is 0 Å². The molecule has 4 bridgehead atoms. The summed E-state index contributed by atoms with van der Waals surface area (Å²) in [6.07, 6.45) is 16.8. The molecule has 0 heterocycles. The van der Waals surface area contributed by atoms with Gasteiger partial charge in [-0.3, -0.25) is 0 Å². The lowest BCUT2D eigenvalue weighted by molar-refractivity contribution is -0.137. The Hall–Kier alpha value is -2.09. The number of allylic oxidation sites excluding steroid dienone is 3. The van der Waals surface area contributed by atoms with Crippen LogP contribution in [-0.4, -0.2) is 12.6 Å². The van der Waals surface area contributed by atoms with E-state index in [0.29, 0.717) is 6.61 Å². The molecule has 0 atom stereocenters. The number of hydrogen-bond donors (Lipinski definition) is 0. The first-order valence-corrected chi connectivity index (χ1v) is 10.0. The van der Waals surface area contributed by atoms with Crippen LogP contribution in [0.3, 0.4) is 0 Å². The second-order valence-electron chi connectivity index (χ2n) is 8.09. The maximum atomic E-state index is 11.2. The molecule has 4 saturated carbocycles. The van der Waals surface area contributed by atoms with Crippen LogP contribution in [0.1, 0.15) is 50.2 Å². The molecule has 4 aliphatic carbocycles. The van der Waals surface area contributed by atoms with Gasteiger partial charge >= 0.3 is 5.97 Å². The summed E-state index contributed by atoms with van der Waals surface area (Å²) in [5.74, 6) is 3.46. The van der Waals surface area contributed by atoms with Crippen molar-refractivity contribution in [3.63, 3.8) is 0 Å². The first-order chi connectivity index (χ1) is 12.7. The Morgan fingerprint density at radius 3 is 2.19 bits per heavy atom. The number of carbonyl (C=O) groups excluding carboxylic acids is 1. The number of ether oxygens (including phenoxy) is 1. The standard InChI is InChI=1S/C24H28O2/c1-2-26-24(25)6-4-3-5-17-7-9-18(10-8-17)16-23-21-12-19-11-20(14-21)15-22(23)13-19/h3-10,16,19-22H,2,11-15H2,1H3. The number of benzene rings is 1. The molecule has 0 amide bonds. The zero-order valence-corrected chi connectivity index (χ0v) is 15.6. The van der Waals surface area contributed by atoms with Crippen LogP contribution in [0.2, 0.25) is 0 Å². The average Bonchev–Trinajstić information content (AvgIpc) is 2.63. The van der Waals surface area contributed by atoms with Crippen LogP contribution in [0.4, 0.5) is 0 Å². The van der Waals surface area contributed by atoms with E-state index in [-0.39, 0.29) is 5.97 Å². The van der Waals surface area contributed by atoms with Crippen LogP contribution in [0, 0.1) is 23.7 Å². The molecule has 5 rings (SSSR count). The Labute approximate surface area is 156 Å². The first kappa shape index (κ1) is 17.3. The van der Waals surface area contributed by atoms with Crippen LogP contribution in [0.5, 0.6) is 0 Å². The summed E-state index contributed by atoms with van der Waals surface area (Å²) in [4.78, 5) is 11.2. The van der Waals surface area contributed by atoms with Crippen molar-refractivity contribution in [2.75, 3.05) is 6.61 Å². The second-order valence-corrected chi connectivity index (χ2v) is 8.09. The van der Waals surface area contributed by atoms with Crippen LogP contribution < -0.4 is 0 Å². The number of carbonyl (C=O) groups is 1. The molecular weight excluding hydrogens is 320 g/mol. The van der Waals surface area contributed by atoms with Gasteiger partial charge in [0.25, 0.3) is 0 Å². The summed E-state index contributed by atoms with van der Waals surface area (Å²) < 4.78 is 4.86. The van der Waals surface area contributed by atoms with E-state index in [0.717, 1.165) is 29.2 Å². The molecule has 2 nitrogen and oxygen atoms in total. The largest absolute Gasteiger partial charge is 0.463 e. The minimum atomic E-state index is -0.296. The highest BCUT2D eigenvalue weighted by atomic mass is 16.5. The van der Waals surface area contributed by atoms with E-state index in [1.165, 1.54) is 43.7 Å². The second kappa shape index (κ2) is 7.65. The number of hydrogen-bond acceptors (Lipinski definition) is 2. The molecule has 4 fully saturated rings. The van der Waals surface area contributed by atoms with Gasteiger partial charge in [-0.1, -0.05) is 54.1 Å². The highest BCUT2D eigenvalue weighted by Gasteiger charge is 2.44. The normalized spacial score (nSPS) is 29.7. The smallest absolute Gasteiger partial charge is 0.330 e. The lowest BCUT2D eigenvalue weighted by Crippen LogP contribution is -2.40. The topological polar surface area (TPSA) is 26.3 Å². The van der Waals surface area contributed by atoms with Crippen molar-refractivity contribution >= 4 is 18.1 Å². The zero-order valence-electron chi connectivity index (χ0n) is 15.6. The van der Waals surface area contributed by atoms with Gasteiger partial charge in [-0.2, -0.15) is 0 Å². The van der Waals surface area contributed by atoms with Crippen LogP contribution in [0.25, 0.3) is 12.2 Å². The minimum Gasteiger partial charge on any atom is -0.463 e.